The molecule has 0 spiro atoms. The summed E-state index contributed by atoms with van der Waals surface area (Å²) in [6, 6.07) is 2.94. The summed E-state index contributed by atoms with van der Waals surface area (Å²) in [7, 11) is -4.11. The highest BCUT2D eigenvalue weighted by molar-refractivity contribution is 7.93. The van der Waals surface area contributed by atoms with Crippen LogP contribution in [0.4, 0.5) is 15.2 Å². The first-order chi connectivity index (χ1) is 13.9. The molecular weight excluding hydrogens is 435 g/mol. The fourth-order valence-electron chi connectivity index (χ4n) is 4.28. The fourth-order valence-corrected chi connectivity index (χ4v) is 6.44. The molecule has 6 nitrogen and oxygen atoms in total. The molecule has 1 aliphatic heterocycles. The Morgan fingerprint density at radius 1 is 1.17 bits per heavy atom. The Balaban J connectivity index is 1.55. The molecule has 1 saturated heterocycles. The molecule has 2 fully saturated rings. The summed E-state index contributed by atoms with van der Waals surface area (Å²) >= 11 is 7.49. The first-order valence-electron chi connectivity index (χ1n) is 9.86. The van der Waals surface area contributed by atoms with Crippen molar-refractivity contribution in [1.82, 2.24) is 9.88 Å². The van der Waals surface area contributed by atoms with Gasteiger partial charge in [-0.05, 0) is 50.9 Å². The summed E-state index contributed by atoms with van der Waals surface area (Å²) in [5.41, 5.74) is 0.438. The third-order valence-corrected chi connectivity index (χ3v) is 8.13. The molecule has 2 atom stereocenters. The number of sulfonamides is 1. The maximum atomic E-state index is 14.8. The van der Waals surface area contributed by atoms with Crippen LogP contribution in [0.1, 0.15) is 38.5 Å². The molecule has 158 valence electrons. The minimum Gasteiger partial charge on any atom is -0.379 e. The molecule has 1 aromatic carbocycles. The number of halogens is 2. The molecule has 4 rings (SSSR count). The Morgan fingerprint density at radius 3 is 2.66 bits per heavy atom. The Hall–Kier alpha value is -1.42. The number of hydrogen-bond acceptors (Lipinski definition) is 6. The molecule has 0 bridgehead atoms. The summed E-state index contributed by atoms with van der Waals surface area (Å²) in [5.74, 6) is -0.838. The number of thiazole rings is 1. The number of benzene rings is 1. The van der Waals surface area contributed by atoms with Crippen molar-refractivity contribution in [3.63, 3.8) is 0 Å². The maximum Gasteiger partial charge on any atom is 0.266 e. The number of nitrogens with one attached hydrogen (secondary N) is 2. The van der Waals surface area contributed by atoms with Crippen LogP contribution in [0.25, 0.3) is 0 Å². The van der Waals surface area contributed by atoms with Gasteiger partial charge in [-0.25, -0.2) is 17.8 Å². The SMILES string of the molecule is O=S(=O)(Nc1nccs1)c1cc(Cl)c(N[C@H]2CCCC[C@@H]2N2CCCC2)cc1F. The number of likely N-dealkylation sites (tertiary alicyclic amines) is 1. The van der Waals surface area contributed by atoms with E-state index in [9.17, 15) is 12.8 Å². The minimum atomic E-state index is -4.11. The van der Waals surface area contributed by atoms with Gasteiger partial charge >= 0.3 is 0 Å². The molecule has 0 unspecified atom stereocenters. The largest absolute Gasteiger partial charge is 0.379 e. The van der Waals surface area contributed by atoms with E-state index in [1.54, 1.807) is 5.38 Å². The second-order valence-electron chi connectivity index (χ2n) is 7.55. The number of aromatic nitrogens is 1. The molecule has 10 heteroatoms. The molecule has 1 saturated carbocycles. The van der Waals surface area contributed by atoms with Crippen molar-refractivity contribution in [2.75, 3.05) is 23.1 Å². The zero-order valence-electron chi connectivity index (χ0n) is 15.9. The standard InChI is InChI=1S/C19H24ClFN4O2S2/c20-13-11-18(29(26,27)24-19-22-7-10-28-19)14(21)12-16(13)23-15-5-1-2-6-17(15)25-8-3-4-9-25/h7,10-12,15,17,23H,1-6,8-9H2,(H,22,24)/t15-,17-/m0/s1. The van der Waals surface area contributed by atoms with Gasteiger partial charge in [0.15, 0.2) is 5.13 Å². The van der Waals surface area contributed by atoms with Crippen LogP contribution < -0.4 is 10.0 Å². The van der Waals surface area contributed by atoms with E-state index >= 15 is 0 Å². The van der Waals surface area contributed by atoms with E-state index in [1.807, 2.05) is 0 Å². The average molecular weight is 459 g/mol. The van der Waals surface area contributed by atoms with Gasteiger partial charge in [-0.1, -0.05) is 24.4 Å². The lowest BCUT2D eigenvalue weighted by Crippen LogP contribution is -2.47. The van der Waals surface area contributed by atoms with Crippen molar-refractivity contribution in [2.24, 2.45) is 0 Å². The van der Waals surface area contributed by atoms with E-state index in [-0.39, 0.29) is 16.2 Å². The quantitative estimate of drug-likeness (QED) is 0.664. The molecule has 1 aliphatic carbocycles. The van der Waals surface area contributed by atoms with Crippen molar-refractivity contribution in [3.8, 4) is 0 Å². The van der Waals surface area contributed by atoms with Crippen molar-refractivity contribution < 1.29 is 12.8 Å². The third kappa shape index (κ3) is 4.68. The van der Waals surface area contributed by atoms with Gasteiger partial charge in [0.25, 0.3) is 10.0 Å². The molecule has 2 heterocycles. The van der Waals surface area contributed by atoms with Crippen LogP contribution in [0.5, 0.6) is 0 Å². The molecule has 2 aliphatic rings. The van der Waals surface area contributed by atoms with Crippen LogP contribution >= 0.6 is 22.9 Å². The van der Waals surface area contributed by atoms with Crippen LogP contribution in [0.15, 0.2) is 28.6 Å². The monoisotopic (exact) mass is 458 g/mol. The number of anilines is 2. The fraction of sp³-hybridized carbons (Fsp3) is 0.526. The Labute approximate surface area is 179 Å². The predicted octanol–water partition coefficient (Wildman–Crippen LogP) is 4.56. The molecule has 0 radical (unpaired) electrons. The summed E-state index contributed by atoms with van der Waals surface area (Å²) in [6.45, 7) is 2.20. The second-order valence-corrected chi connectivity index (χ2v) is 10.5. The molecule has 29 heavy (non-hydrogen) atoms. The third-order valence-electron chi connectivity index (χ3n) is 5.65. The minimum absolute atomic E-state index is 0.176. The smallest absolute Gasteiger partial charge is 0.266 e. The first-order valence-corrected chi connectivity index (χ1v) is 12.6. The summed E-state index contributed by atoms with van der Waals surface area (Å²) in [6.07, 6.45) is 8.33. The lowest BCUT2D eigenvalue weighted by Gasteiger charge is -2.39. The molecule has 2 aromatic rings. The van der Waals surface area contributed by atoms with Crippen molar-refractivity contribution in [2.45, 2.75) is 55.5 Å². The Morgan fingerprint density at radius 2 is 1.93 bits per heavy atom. The summed E-state index contributed by atoms with van der Waals surface area (Å²) < 4.78 is 42.1. The van der Waals surface area contributed by atoms with E-state index in [0.717, 1.165) is 43.7 Å². The van der Waals surface area contributed by atoms with Crippen LogP contribution in [0.3, 0.4) is 0 Å². The highest BCUT2D eigenvalue weighted by Crippen LogP contribution is 2.33. The molecule has 2 N–H and O–H groups in total. The van der Waals surface area contributed by atoms with Gasteiger partial charge in [-0.3, -0.25) is 9.62 Å². The van der Waals surface area contributed by atoms with Crippen molar-refractivity contribution in [1.29, 1.82) is 0 Å². The second kappa shape index (κ2) is 8.75. The van der Waals surface area contributed by atoms with Crippen LogP contribution in [0, 0.1) is 5.82 Å². The lowest BCUT2D eigenvalue weighted by atomic mass is 9.89. The highest BCUT2D eigenvalue weighted by atomic mass is 35.5. The van der Waals surface area contributed by atoms with E-state index < -0.39 is 20.7 Å². The topological polar surface area (TPSA) is 74.3 Å². The zero-order chi connectivity index (χ0) is 20.4. The van der Waals surface area contributed by atoms with E-state index in [1.165, 1.54) is 37.6 Å². The van der Waals surface area contributed by atoms with Crippen molar-refractivity contribution >= 4 is 43.8 Å². The maximum absolute atomic E-state index is 14.8. The highest BCUT2D eigenvalue weighted by Gasteiger charge is 2.32. The Kier molecular flexibility index (Phi) is 6.29. The number of nitrogens with zero attached hydrogens (tertiary/aromatic N) is 2. The van der Waals surface area contributed by atoms with Crippen LogP contribution in [-0.2, 0) is 10.0 Å². The van der Waals surface area contributed by atoms with Gasteiger partial charge in [-0.15, -0.1) is 11.3 Å². The number of rotatable bonds is 6. The van der Waals surface area contributed by atoms with Gasteiger partial charge in [-0.2, -0.15) is 0 Å². The van der Waals surface area contributed by atoms with E-state index in [0.29, 0.717) is 11.7 Å². The van der Waals surface area contributed by atoms with Gasteiger partial charge in [0.05, 0.1) is 10.7 Å². The first kappa shape index (κ1) is 20.8. The van der Waals surface area contributed by atoms with Crippen LogP contribution in [-0.4, -0.2) is 43.5 Å². The zero-order valence-corrected chi connectivity index (χ0v) is 18.3. The average Bonchev–Trinajstić information content (AvgIpc) is 3.38. The summed E-state index contributed by atoms with van der Waals surface area (Å²) in [5, 5.41) is 5.41. The molecular formula is C19H24ClFN4O2S2. The van der Waals surface area contributed by atoms with Crippen molar-refractivity contribution in [3.05, 3.63) is 34.5 Å². The normalized spacial score (nSPS) is 23.2. The van der Waals surface area contributed by atoms with Gasteiger partial charge < -0.3 is 5.32 Å². The Bertz CT molecular complexity index is 949. The number of hydrogen-bond donors (Lipinski definition) is 2. The lowest BCUT2D eigenvalue weighted by molar-refractivity contribution is 0.177. The van der Waals surface area contributed by atoms with E-state index in [4.69, 9.17) is 11.6 Å². The van der Waals surface area contributed by atoms with Gasteiger partial charge in [0.2, 0.25) is 0 Å². The predicted molar refractivity (Wildman–Crippen MR) is 115 cm³/mol. The van der Waals surface area contributed by atoms with Crippen LogP contribution in [0.2, 0.25) is 5.02 Å². The molecule has 0 amide bonds. The van der Waals surface area contributed by atoms with Gasteiger partial charge in [0.1, 0.15) is 10.7 Å². The van der Waals surface area contributed by atoms with Gasteiger partial charge in [0, 0.05) is 23.7 Å². The summed E-state index contributed by atoms with van der Waals surface area (Å²) in [4.78, 5) is 5.90. The molecule has 1 aromatic heterocycles. The van der Waals surface area contributed by atoms with E-state index in [2.05, 4.69) is 19.9 Å².